The SMILES string of the molecule is Cc1ncc(C(=O)NC2(C(N)=O)CCCCC2)[nH]1. The van der Waals surface area contributed by atoms with Crippen LogP contribution in [0.4, 0.5) is 0 Å². The quantitative estimate of drug-likeness (QED) is 0.733. The van der Waals surface area contributed by atoms with Gasteiger partial charge < -0.3 is 16.0 Å². The minimum absolute atomic E-state index is 0.323. The Kier molecular flexibility index (Phi) is 3.36. The maximum atomic E-state index is 12.0. The van der Waals surface area contributed by atoms with Gasteiger partial charge in [0, 0.05) is 0 Å². The highest BCUT2D eigenvalue weighted by Crippen LogP contribution is 2.28. The van der Waals surface area contributed by atoms with Gasteiger partial charge in [-0.15, -0.1) is 0 Å². The molecular formula is C12H18N4O2. The predicted molar refractivity (Wildman–Crippen MR) is 65.8 cm³/mol. The molecule has 0 spiro atoms. The molecule has 0 aliphatic heterocycles. The van der Waals surface area contributed by atoms with Gasteiger partial charge >= 0.3 is 0 Å². The average molecular weight is 250 g/mol. The Bertz CT molecular complexity index is 460. The molecule has 1 fully saturated rings. The number of nitrogens with one attached hydrogen (secondary N) is 2. The first-order valence-electron chi connectivity index (χ1n) is 6.17. The Morgan fingerprint density at radius 2 is 2.06 bits per heavy atom. The van der Waals surface area contributed by atoms with E-state index in [1.54, 1.807) is 6.92 Å². The van der Waals surface area contributed by atoms with E-state index in [2.05, 4.69) is 15.3 Å². The van der Waals surface area contributed by atoms with Crippen LogP contribution in [0.25, 0.3) is 0 Å². The van der Waals surface area contributed by atoms with E-state index in [1.165, 1.54) is 6.20 Å². The van der Waals surface area contributed by atoms with E-state index in [1.807, 2.05) is 0 Å². The zero-order valence-electron chi connectivity index (χ0n) is 10.5. The molecule has 1 aromatic heterocycles. The number of hydrogen-bond donors (Lipinski definition) is 3. The van der Waals surface area contributed by atoms with Gasteiger partial charge in [0.25, 0.3) is 5.91 Å². The van der Waals surface area contributed by atoms with Gasteiger partial charge in [-0.1, -0.05) is 19.3 Å². The molecule has 18 heavy (non-hydrogen) atoms. The van der Waals surface area contributed by atoms with Crippen molar-refractivity contribution >= 4 is 11.8 Å². The first-order valence-corrected chi connectivity index (χ1v) is 6.17. The molecule has 0 saturated heterocycles. The van der Waals surface area contributed by atoms with Crippen LogP contribution >= 0.6 is 0 Å². The lowest BCUT2D eigenvalue weighted by Crippen LogP contribution is -2.58. The molecule has 1 heterocycles. The monoisotopic (exact) mass is 250 g/mol. The number of aromatic nitrogens is 2. The lowest BCUT2D eigenvalue weighted by molar-refractivity contribution is -0.125. The molecule has 0 aromatic carbocycles. The molecule has 4 N–H and O–H groups in total. The van der Waals surface area contributed by atoms with Crippen molar-refractivity contribution in [2.24, 2.45) is 5.73 Å². The lowest BCUT2D eigenvalue weighted by atomic mass is 9.81. The van der Waals surface area contributed by atoms with Gasteiger partial charge in [0.2, 0.25) is 5.91 Å². The fourth-order valence-electron chi connectivity index (χ4n) is 2.41. The maximum absolute atomic E-state index is 12.0. The second-order valence-electron chi connectivity index (χ2n) is 4.84. The highest BCUT2D eigenvalue weighted by Gasteiger charge is 2.39. The molecular weight excluding hydrogens is 232 g/mol. The molecule has 2 amide bonds. The molecule has 0 unspecified atom stereocenters. The fraction of sp³-hybridized carbons (Fsp3) is 0.583. The number of primary amides is 1. The Balaban J connectivity index is 2.14. The molecule has 1 aliphatic rings. The number of nitrogens with zero attached hydrogens (tertiary/aromatic N) is 1. The van der Waals surface area contributed by atoms with Crippen LogP contribution < -0.4 is 11.1 Å². The van der Waals surface area contributed by atoms with E-state index in [4.69, 9.17) is 5.73 Å². The van der Waals surface area contributed by atoms with Crippen molar-refractivity contribution in [1.82, 2.24) is 15.3 Å². The van der Waals surface area contributed by atoms with E-state index in [0.717, 1.165) is 19.3 Å². The number of rotatable bonds is 3. The summed E-state index contributed by atoms with van der Waals surface area (Å²) in [6.45, 7) is 1.77. The van der Waals surface area contributed by atoms with Crippen LogP contribution in [0.15, 0.2) is 6.20 Å². The number of aryl methyl sites for hydroxylation is 1. The predicted octanol–water partition coefficient (Wildman–Crippen LogP) is 0.636. The highest BCUT2D eigenvalue weighted by molar-refractivity contribution is 5.97. The summed E-state index contributed by atoms with van der Waals surface area (Å²) in [5, 5.41) is 2.78. The molecule has 1 aromatic rings. The second-order valence-corrected chi connectivity index (χ2v) is 4.84. The summed E-state index contributed by atoms with van der Waals surface area (Å²) < 4.78 is 0. The Labute approximate surface area is 105 Å². The van der Waals surface area contributed by atoms with Crippen molar-refractivity contribution in [3.05, 3.63) is 17.7 Å². The molecule has 6 heteroatoms. The van der Waals surface area contributed by atoms with E-state index in [0.29, 0.717) is 24.4 Å². The summed E-state index contributed by atoms with van der Waals surface area (Å²) in [6, 6.07) is 0. The van der Waals surface area contributed by atoms with Gasteiger partial charge in [0.15, 0.2) is 0 Å². The van der Waals surface area contributed by atoms with Crippen molar-refractivity contribution in [2.45, 2.75) is 44.6 Å². The Morgan fingerprint density at radius 3 is 2.56 bits per heavy atom. The van der Waals surface area contributed by atoms with Gasteiger partial charge in [-0.05, 0) is 19.8 Å². The molecule has 1 aliphatic carbocycles. The van der Waals surface area contributed by atoms with Gasteiger partial charge in [0.05, 0.1) is 6.20 Å². The van der Waals surface area contributed by atoms with E-state index in [-0.39, 0.29) is 5.91 Å². The van der Waals surface area contributed by atoms with Crippen LogP contribution in [-0.4, -0.2) is 27.3 Å². The van der Waals surface area contributed by atoms with E-state index >= 15 is 0 Å². The Morgan fingerprint density at radius 1 is 1.39 bits per heavy atom. The maximum Gasteiger partial charge on any atom is 0.270 e. The number of carbonyl (C=O) groups is 2. The molecule has 1 saturated carbocycles. The van der Waals surface area contributed by atoms with Crippen molar-refractivity contribution in [3.63, 3.8) is 0 Å². The zero-order chi connectivity index (χ0) is 13.2. The summed E-state index contributed by atoms with van der Waals surface area (Å²) in [4.78, 5) is 30.5. The smallest absolute Gasteiger partial charge is 0.270 e. The van der Waals surface area contributed by atoms with Gasteiger partial charge in [-0.2, -0.15) is 0 Å². The first-order chi connectivity index (χ1) is 8.53. The lowest BCUT2D eigenvalue weighted by Gasteiger charge is -2.34. The Hall–Kier alpha value is -1.85. The summed E-state index contributed by atoms with van der Waals surface area (Å²) in [5.41, 5.74) is 4.92. The van der Waals surface area contributed by atoms with Crippen LogP contribution in [0.3, 0.4) is 0 Å². The van der Waals surface area contributed by atoms with Crippen LogP contribution in [0.1, 0.15) is 48.4 Å². The summed E-state index contributed by atoms with van der Waals surface area (Å²) in [7, 11) is 0. The van der Waals surface area contributed by atoms with Crippen LogP contribution in [0.5, 0.6) is 0 Å². The average Bonchev–Trinajstić information content (AvgIpc) is 2.77. The molecule has 98 valence electrons. The minimum atomic E-state index is -0.894. The van der Waals surface area contributed by atoms with Crippen molar-refractivity contribution in [3.8, 4) is 0 Å². The number of H-pyrrole nitrogens is 1. The normalized spacial score (nSPS) is 18.3. The van der Waals surface area contributed by atoms with Gasteiger partial charge in [-0.25, -0.2) is 4.98 Å². The topological polar surface area (TPSA) is 101 Å². The number of amides is 2. The number of imidazole rings is 1. The van der Waals surface area contributed by atoms with E-state index in [9.17, 15) is 9.59 Å². The summed E-state index contributed by atoms with van der Waals surface area (Å²) >= 11 is 0. The van der Waals surface area contributed by atoms with Crippen LogP contribution in [0, 0.1) is 6.92 Å². The molecule has 2 rings (SSSR count). The van der Waals surface area contributed by atoms with Crippen LogP contribution in [-0.2, 0) is 4.79 Å². The fourth-order valence-corrected chi connectivity index (χ4v) is 2.41. The standard InChI is InChI=1S/C12H18N4O2/c1-8-14-7-9(15-8)10(17)16-12(11(13)18)5-3-2-4-6-12/h7H,2-6H2,1H3,(H2,13,18)(H,14,15)(H,16,17). The molecule has 0 radical (unpaired) electrons. The van der Waals surface area contributed by atoms with Crippen molar-refractivity contribution < 1.29 is 9.59 Å². The van der Waals surface area contributed by atoms with Gasteiger partial charge in [-0.3, -0.25) is 9.59 Å². The van der Waals surface area contributed by atoms with Crippen molar-refractivity contribution in [1.29, 1.82) is 0 Å². The van der Waals surface area contributed by atoms with Crippen LogP contribution in [0.2, 0.25) is 0 Å². The third kappa shape index (κ3) is 2.37. The zero-order valence-corrected chi connectivity index (χ0v) is 10.5. The highest BCUT2D eigenvalue weighted by atomic mass is 16.2. The first kappa shape index (κ1) is 12.6. The second kappa shape index (κ2) is 4.80. The molecule has 6 nitrogen and oxygen atoms in total. The number of aromatic amines is 1. The van der Waals surface area contributed by atoms with Gasteiger partial charge in [0.1, 0.15) is 17.1 Å². The minimum Gasteiger partial charge on any atom is -0.368 e. The number of nitrogens with two attached hydrogens (primary N) is 1. The molecule has 0 atom stereocenters. The van der Waals surface area contributed by atoms with E-state index < -0.39 is 11.4 Å². The summed E-state index contributed by atoms with van der Waals surface area (Å²) in [5.74, 6) is -0.111. The third-order valence-electron chi connectivity index (χ3n) is 3.48. The molecule has 0 bridgehead atoms. The third-order valence-corrected chi connectivity index (χ3v) is 3.48. The largest absolute Gasteiger partial charge is 0.368 e. The number of hydrogen-bond acceptors (Lipinski definition) is 3. The van der Waals surface area contributed by atoms with Crippen molar-refractivity contribution in [2.75, 3.05) is 0 Å². The number of carbonyl (C=O) groups excluding carboxylic acids is 2. The summed E-state index contributed by atoms with van der Waals surface area (Å²) in [6.07, 6.45) is 5.58.